The topological polar surface area (TPSA) is 103 Å². The highest BCUT2D eigenvalue weighted by Gasteiger charge is 2.22. The van der Waals surface area contributed by atoms with E-state index >= 15 is 0 Å². The predicted octanol–water partition coefficient (Wildman–Crippen LogP) is 3.06. The van der Waals surface area contributed by atoms with Crippen LogP contribution in [0.5, 0.6) is 0 Å². The van der Waals surface area contributed by atoms with Gasteiger partial charge in [-0.05, 0) is 30.3 Å². The molecule has 0 aliphatic carbocycles. The molecule has 0 spiro atoms. The van der Waals surface area contributed by atoms with Crippen LogP contribution in [0.15, 0.2) is 70.6 Å². The van der Waals surface area contributed by atoms with Gasteiger partial charge >= 0.3 is 6.03 Å². The summed E-state index contributed by atoms with van der Waals surface area (Å²) in [6, 6.07) is 14.4. The molecule has 156 valence electrons. The molecule has 0 saturated carbocycles. The Bertz CT molecular complexity index is 1220. The molecule has 2 N–H and O–H groups in total. The fraction of sp³-hybridized carbons (Fsp3) is 0.136. The van der Waals surface area contributed by atoms with Gasteiger partial charge in [-0.1, -0.05) is 18.2 Å². The van der Waals surface area contributed by atoms with Gasteiger partial charge in [0.15, 0.2) is 11.5 Å². The molecule has 1 fully saturated rings. The first-order chi connectivity index (χ1) is 15.1. The standard InChI is InChI=1S/C22H19FN6O2/c23-17-14-16(28-13-11-25-22(28)31)6-7-19(17)29-12-9-20(30)21(27-29)18(8-10-24)26-15-4-2-1-3-5-15/h1-7,9-10,12,14,24H,8,11,13H2,(H,25,31). The Morgan fingerprint density at radius 3 is 2.68 bits per heavy atom. The van der Waals surface area contributed by atoms with Crippen LogP contribution >= 0.6 is 0 Å². The van der Waals surface area contributed by atoms with Crippen LogP contribution in [-0.2, 0) is 0 Å². The number of para-hydroxylation sites is 1. The largest absolute Gasteiger partial charge is 0.336 e. The first kappa shape index (κ1) is 20.1. The Labute approximate surface area is 177 Å². The van der Waals surface area contributed by atoms with Crippen molar-refractivity contribution in [3.63, 3.8) is 0 Å². The third-order valence-electron chi connectivity index (χ3n) is 4.74. The summed E-state index contributed by atoms with van der Waals surface area (Å²) in [6.07, 6.45) is 2.61. The van der Waals surface area contributed by atoms with Crippen LogP contribution in [0.1, 0.15) is 12.1 Å². The van der Waals surface area contributed by atoms with Crippen molar-refractivity contribution in [2.75, 3.05) is 18.0 Å². The van der Waals surface area contributed by atoms with Gasteiger partial charge in [-0.3, -0.25) is 14.7 Å². The number of hydrogen-bond acceptors (Lipinski definition) is 5. The van der Waals surface area contributed by atoms with Gasteiger partial charge in [0.1, 0.15) is 5.69 Å². The van der Waals surface area contributed by atoms with Gasteiger partial charge in [-0.15, -0.1) is 0 Å². The lowest BCUT2D eigenvalue weighted by Gasteiger charge is -2.16. The summed E-state index contributed by atoms with van der Waals surface area (Å²) in [4.78, 5) is 30.2. The van der Waals surface area contributed by atoms with E-state index in [4.69, 9.17) is 5.41 Å². The van der Waals surface area contributed by atoms with Gasteiger partial charge in [0.25, 0.3) is 0 Å². The van der Waals surface area contributed by atoms with Crippen LogP contribution in [-0.4, -0.2) is 40.8 Å². The number of carbonyl (C=O) groups is 1. The second-order valence-corrected chi connectivity index (χ2v) is 6.79. The normalized spacial score (nSPS) is 13.9. The van der Waals surface area contributed by atoms with Crippen LogP contribution in [0.25, 0.3) is 5.69 Å². The minimum atomic E-state index is -0.590. The number of nitrogens with zero attached hydrogens (tertiary/aromatic N) is 4. The molecule has 2 heterocycles. The zero-order chi connectivity index (χ0) is 21.8. The molecule has 31 heavy (non-hydrogen) atoms. The zero-order valence-electron chi connectivity index (χ0n) is 16.5. The van der Waals surface area contributed by atoms with E-state index in [9.17, 15) is 14.0 Å². The quantitative estimate of drug-likeness (QED) is 0.601. The summed E-state index contributed by atoms with van der Waals surface area (Å²) < 4.78 is 16.1. The molecular weight excluding hydrogens is 399 g/mol. The van der Waals surface area contributed by atoms with Gasteiger partial charge in [0.05, 0.1) is 11.4 Å². The SMILES string of the molecule is N=CCC(=Nc1ccccc1)c1nn(-c2ccc(N3CCNC3=O)cc2F)ccc1=O. The first-order valence-electron chi connectivity index (χ1n) is 9.64. The van der Waals surface area contributed by atoms with Crippen LogP contribution < -0.4 is 15.6 Å². The molecule has 1 aliphatic heterocycles. The number of aliphatic imine (C=N–C) groups is 1. The molecule has 2 amide bonds. The highest BCUT2D eigenvalue weighted by Crippen LogP contribution is 2.22. The first-order valence-corrected chi connectivity index (χ1v) is 9.64. The Kier molecular flexibility index (Phi) is 5.65. The number of nitrogens with one attached hydrogen (secondary N) is 2. The third-order valence-corrected chi connectivity index (χ3v) is 4.74. The van der Waals surface area contributed by atoms with E-state index < -0.39 is 5.82 Å². The number of urea groups is 1. The van der Waals surface area contributed by atoms with Gasteiger partial charge in [0.2, 0.25) is 5.43 Å². The minimum Gasteiger partial charge on any atom is -0.336 e. The maximum Gasteiger partial charge on any atom is 0.321 e. The van der Waals surface area contributed by atoms with Crippen molar-refractivity contribution in [1.29, 1.82) is 5.41 Å². The van der Waals surface area contributed by atoms with Crippen molar-refractivity contribution in [3.05, 3.63) is 82.5 Å². The molecule has 9 heteroatoms. The number of rotatable bonds is 6. The zero-order valence-corrected chi connectivity index (χ0v) is 16.5. The fourth-order valence-corrected chi connectivity index (χ4v) is 3.26. The lowest BCUT2D eigenvalue weighted by Crippen LogP contribution is -2.27. The molecule has 0 bridgehead atoms. The Morgan fingerprint density at radius 2 is 2.00 bits per heavy atom. The highest BCUT2D eigenvalue weighted by atomic mass is 19.1. The Morgan fingerprint density at radius 1 is 1.19 bits per heavy atom. The average molecular weight is 418 g/mol. The van der Waals surface area contributed by atoms with Crippen LogP contribution in [0.2, 0.25) is 0 Å². The number of carbonyl (C=O) groups excluding carboxylic acids is 1. The van der Waals surface area contributed by atoms with Crippen molar-refractivity contribution >= 4 is 29.3 Å². The van der Waals surface area contributed by atoms with Crippen molar-refractivity contribution in [1.82, 2.24) is 15.1 Å². The Balaban J connectivity index is 1.73. The number of amides is 2. The monoisotopic (exact) mass is 418 g/mol. The van der Waals surface area contributed by atoms with E-state index in [1.807, 2.05) is 18.2 Å². The van der Waals surface area contributed by atoms with E-state index in [0.29, 0.717) is 30.2 Å². The van der Waals surface area contributed by atoms with Crippen LogP contribution in [0, 0.1) is 11.2 Å². The second-order valence-electron chi connectivity index (χ2n) is 6.79. The van der Waals surface area contributed by atoms with Gasteiger partial charge in [-0.2, -0.15) is 5.10 Å². The molecule has 1 saturated heterocycles. The van der Waals surface area contributed by atoms with E-state index in [-0.39, 0.29) is 29.3 Å². The number of anilines is 1. The van der Waals surface area contributed by atoms with E-state index in [2.05, 4.69) is 15.4 Å². The minimum absolute atomic E-state index is 0.0391. The second kappa shape index (κ2) is 8.70. The molecule has 0 radical (unpaired) electrons. The van der Waals surface area contributed by atoms with E-state index in [1.165, 1.54) is 34.0 Å². The lowest BCUT2D eigenvalue weighted by atomic mass is 10.2. The van der Waals surface area contributed by atoms with E-state index in [0.717, 1.165) is 6.21 Å². The number of halogens is 1. The van der Waals surface area contributed by atoms with Crippen molar-refractivity contribution in [2.45, 2.75) is 6.42 Å². The third kappa shape index (κ3) is 4.25. The molecule has 1 aliphatic rings. The maximum atomic E-state index is 14.9. The van der Waals surface area contributed by atoms with Gasteiger partial charge in [-0.25, -0.2) is 13.9 Å². The fourth-order valence-electron chi connectivity index (χ4n) is 3.26. The van der Waals surface area contributed by atoms with Crippen molar-refractivity contribution in [2.24, 2.45) is 4.99 Å². The lowest BCUT2D eigenvalue weighted by molar-refractivity contribution is 0.252. The summed E-state index contributed by atoms with van der Waals surface area (Å²) in [5.41, 5.74) is 1.16. The summed E-state index contributed by atoms with van der Waals surface area (Å²) in [6.45, 7) is 0.963. The van der Waals surface area contributed by atoms with Gasteiger partial charge in [0, 0.05) is 43.7 Å². The summed E-state index contributed by atoms with van der Waals surface area (Å²) >= 11 is 0. The molecule has 8 nitrogen and oxygen atoms in total. The smallest absolute Gasteiger partial charge is 0.321 e. The molecule has 0 unspecified atom stereocenters. The Hall–Kier alpha value is -4.14. The molecule has 4 rings (SSSR count). The number of hydrogen-bond donors (Lipinski definition) is 2. The molecular formula is C22H19FN6O2. The van der Waals surface area contributed by atoms with Gasteiger partial charge < -0.3 is 10.7 Å². The van der Waals surface area contributed by atoms with Crippen molar-refractivity contribution in [3.8, 4) is 5.69 Å². The van der Waals surface area contributed by atoms with E-state index in [1.54, 1.807) is 18.2 Å². The number of aromatic nitrogens is 2. The highest BCUT2D eigenvalue weighted by molar-refractivity contribution is 6.06. The molecule has 0 atom stereocenters. The number of benzene rings is 2. The van der Waals surface area contributed by atoms with Crippen LogP contribution in [0.3, 0.4) is 0 Å². The summed E-state index contributed by atoms with van der Waals surface area (Å²) in [5, 5.41) is 14.4. The molecule has 2 aromatic carbocycles. The van der Waals surface area contributed by atoms with Crippen LogP contribution in [0.4, 0.5) is 20.6 Å². The molecule has 3 aromatic rings. The predicted molar refractivity (Wildman–Crippen MR) is 117 cm³/mol. The molecule has 1 aromatic heterocycles. The average Bonchev–Trinajstić information content (AvgIpc) is 3.20. The summed E-state index contributed by atoms with van der Waals surface area (Å²) in [5.74, 6) is -0.590. The summed E-state index contributed by atoms with van der Waals surface area (Å²) in [7, 11) is 0. The maximum absolute atomic E-state index is 14.9. The van der Waals surface area contributed by atoms with Crippen molar-refractivity contribution < 1.29 is 9.18 Å².